The number of pyridine rings is 1. The van der Waals surface area contributed by atoms with E-state index in [9.17, 15) is 4.39 Å². The second-order valence-electron chi connectivity index (χ2n) is 7.93. The number of methoxy groups -OCH3 is 2. The molecule has 1 fully saturated rings. The first-order chi connectivity index (χ1) is 14.0. The minimum Gasteiger partial charge on any atom is -0.497 e. The molecule has 4 rings (SSSR count). The molecule has 0 bridgehead atoms. The Morgan fingerprint density at radius 1 is 1.10 bits per heavy atom. The summed E-state index contributed by atoms with van der Waals surface area (Å²) in [6.45, 7) is 4.40. The highest BCUT2D eigenvalue weighted by Crippen LogP contribution is 2.31. The molecule has 6 heteroatoms. The van der Waals surface area contributed by atoms with E-state index in [1.807, 2.05) is 24.3 Å². The summed E-state index contributed by atoms with van der Waals surface area (Å²) in [5.41, 5.74) is 4.05. The Bertz CT molecular complexity index is 976. The molecule has 29 heavy (non-hydrogen) atoms. The highest BCUT2D eigenvalue weighted by atomic mass is 19.1. The number of piperidine rings is 1. The van der Waals surface area contributed by atoms with Crippen LogP contribution in [0.2, 0.25) is 0 Å². The van der Waals surface area contributed by atoms with E-state index in [2.05, 4.69) is 34.6 Å². The number of aromatic nitrogens is 2. The Labute approximate surface area is 171 Å². The smallest absolute Gasteiger partial charge is 0.137 e. The van der Waals surface area contributed by atoms with Crippen LogP contribution >= 0.6 is 0 Å². The standard InChI is InChI=1S/C23H28FN3O2/c1-17-8-11-27-20(15-26-12-9-23(24,10-13-26)16-28-2)22(25-21(27)14-17)18-4-6-19(29-3)7-5-18/h4-8,11,14H,9-10,12-13,15-16H2,1-3H3. The van der Waals surface area contributed by atoms with Gasteiger partial charge in [0.15, 0.2) is 0 Å². The lowest BCUT2D eigenvalue weighted by Gasteiger charge is -2.35. The molecule has 0 spiro atoms. The first-order valence-electron chi connectivity index (χ1n) is 10.0. The van der Waals surface area contributed by atoms with E-state index in [0.717, 1.165) is 34.9 Å². The summed E-state index contributed by atoms with van der Waals surface area (Å²) >= 11 is 0. The Balaban J connectivity index is 1.65. The fraction of sp³-hybridized carbons (Fsp3) is 0.435. The summed E-state index contributed by atoms with van der Waals surface area (Å²) in [6.07, 6.45) is 3.07. The first-order valence-corrected chi connectivity index (χ1v) is 10.0. The monoisotopic (exact) mass is 397 g/mol. The molecule has 0 saturated carbocycles. The van der Waals surface area contributed by atoms with E-state index in [4.69, 9.17) is 14.5 Å². The molecule has 0 radical (unpaired) electrons. The summed E-state index contributed by atoms with van der Waals surface area (Å²) in [4.78, 5) is 7.23. The molecule has 0 atom stereocenters. The van der Waals surface area contributed by atoms with Crippen LogP contribution in [0.15, 0.2) is 42.6 Å². The highest BCUT2D eigenvalue weighted by molar-refractivity contribution is 5.67. The van der Waals surface area contributed by atoms with Gasteiger partial charge in [-0.15, -0.1) is 0 Å². The first kappa shape index (κ1) is 19.9. The van der Waals surface area contributed by atoms with E-state index >= 15 is 0 Å². The van der Waals surface area contributed by atoms with Gasteiger partial charge in [0.1, 0.15) is 17.1 Å². The Hall–Kier alpha value is -2.44. The number of likely N-dealkylation sites (tertiary alicyclic amines) is 1. The molecule has 0 N–H and O–H groups in total. The lowest BCUT2D eigenvalue weighted by atomic mass is 9.94. The fourth-order valence-electron chi connectivity index (χ4n) is 4.06. The Morgan fingerprint density at radius 3 is 2.48 bits per heavy atom. The van der Waals surface area contributed by atoms with Crippen molar-refractivity contribution in [1.29, 1.82) is 0 Å². The molecule has 3 heterocycles. The molecule has 0 aliphatic carbocycles. The van der Waals surface area contributed by atoms with Crippen molar-refractivity contribution in [3.05, 3.63) is 53.9 Å². The lowest BCUT2D eigenvalue weighted by molar-refractivity contribution is -0.0104. The van der Waals surface area contributed by atoms with Crippen LogP contribution in [0, 0.1) is 6.92 Å². The molecule has 1 saturated heterocycles. The van der Waals surface area contributed by atoms with Gasteiger partial charge >= 0.3 is 0 Å². The molecule has 154 valence electrons. The van der Waals surface area contributed by atoms with Crippen molar-refractivity contribution in [1.82, 2.24) is 14.3 Å². The SMILES string of the molecule is COCC1(F)CCN(Cc2c(-c3ccc(OC)cc3)nc3cc(C)ccn23)CC1. The number of benzene rings is 1. The van der Waals surface area contributed by atoms with E-state index in [1.165, 1.54) is 5.56 Å². The van der Waals surface area contributed by atoms with E-state index in [0.29, 0.717) is 25.9 Å². The fourth-order valence-corrected chi connectivity index (χ4v) is 4.06. The van der Waals surface area contributed by atoms with Crippen molar-refractivity contribution in [2.24, 2.45) is 0 Å². The maximum atomic E-state index is 14.8. The van der Waals surface area contributed by atoms with Gasteiger partial charge < -0.3 is 13.9 Å². The van der Waals surface area contributed by atoms with Crippen LogP contribution in [0.25, 0.3) is 16.9 Å². The highest BCUT2D eigenvalue weighted by Gasteiger charge is 2.35. The molecule has 1 aliphatic heterocycles. The molecule has 1 aliphatic rings. The van der Waals surface area contributed by atoms with Crippen molar-refractivity contribution in [2.45, 2.75) is 32.0 Å². The summed E-state index contributed by atoms with van der Waals surface area (Å²) in [6, 6.07) is 12.2. The second kappa shape index (κ2) is 8.13. The van der Waals surface area contributed by atoms with E-state index < -0.39 is 5.67 Å². The number of halogens is 1. The summed E-state index contributed by atoms with van der Waals surface area (Å²) in [5.74, 6) is 0.823. The number of hydrogen-bond donors (Lipinski definition) is 0. The van der Waals surface area contributed by atoms with Gasteiger partial charge in [-0.1, -0.05) is 0 Å². The summed E-state index contributed by atoms with van der Waals surface area (Å²) in [5, 5.41) is 0. The quantitative estimate of drug-likeness (QED) is 0.623. The molecular weight excluding hydrogens is 369 g/mol. The maximum Gasteiger partial charge on any atom is 0.137 e. The number of nitrogens with zero attached hydrogens (tertiary/aromatic N) is 3. The average molecular weight is 397 g/mol. The van der Waals surface area contributed by atoms with Crippen molar-refractivity contribution in [3.63, 3.8) is 0 Å². The van der Waals surface area contributed by atoms with Crippen LogP contribution in [0.5, 0.6) is 5.75 Å². The maximum absolute atomic E-state index is 14.8. The van der Waals surface area contributed by atoms with Crippen molar-refractivity contribution >= 4 is 5.65 Å². The molecule has 1 aromatic carbocycles. The zero-order chi connectivity index (χ0) is 20.4. The van der Waals surface area contributed by atoms with Gasteiger partial charge in [-0.2, -0.15) is 0 Å². The predicted octanol–water partition coefficient (Wildman–Crippen LogP) is 4.27. The van der Waals surface area contributed by atoms with Crippen LogP contribution < -0.4 is 4.74 Å². The third kappa shape index (κ3) is 4.14. The topological polar surface area (TPSA) is 39.0 Å². The second-order valence-corrected chi connectivity index (χ2v) is 7.93. The number of aryl methyl sites for hydroxylation is 1. The number of fused-ring (bicyclic) bond motifs is 1. The van der Waals surface area contributed by atoms with Crippen molar-refractivity contribution < 1.29 is 13.9 Å². The number of ether oxygens (including phenoxy) is 2. The molecule has 2 aromatic heterocycles. The van der Waals surface area contributed by atoms with Crippen LogP contribution in [0.3, 0.4) is 0 Å². The Kier molecular flexibility index (Phi) is 5.56. The number of hydrogen-bond acceptors (Lipinski definition) is 4. The lowest BCUT2D eigenvalue weighted by Crippen LogP contribution is -2.44. The molecule has 0 amide bonds. The number of rotatable bonds is 6. The molecule has 0 unspecified atom stereocenters. The van der Waals surface area contributed by atoms with Gasteiger partial charge in [0.2, 0.25) is 0 Å². The van der Waals surface area contributed by atoms with Gasteiger partial charge in [-0.05, 0) is 61.7 Å². The van der Waals surface area contributed by atoms with Gasteiger partial charge in [0.05, 0.1) is 25.1 Å². The van der Waals surface area contributed by atoms with Crippen molar-refractivity contribution in [3.8, 4) is 17.0 Å². The largest absolute Gasteiger partial charge is 0.497 e. The molecular formula is C23H28FN3O2. The van der Waals surface area contributed by atoms with Crippen LogP contribution in [0.4, 0.5) is 4.39 Å². The van der Waals surface area contributed by atoms with Gasteiger partial charge in [-0.25, -0.2) is 9.37 Å². The van der Waals surface area contributed by atoms with E-state index in [1.54, 1.807) is 14.2 Å². The third-order valence-corrected chi connectivity index (χ3v) is 5.77. The Morgan fingerprint density at radius 2 is 1.83 bits per heavy atom. The molecule has 5 nitrogen and oxygen atoms in total. The van der Waals surface area contributed by atoms with Gasteiger partial charge in [-0.3, -0.25) is 4.90 Å². The van der Waals surface area contributed by atoms with Crippen LogP contribution in [-0.2, 0) is 11.3 Å². The van der Waals surface area contributed by atoms with E-state index in [-0.39, 0.29) is 6.61 Å². The molecule has 3 aromatic rings. The van der Waals surface area contributed by atoms with Crippen LogP contribution in [-0.4, -0.2) is 53.9 Å². The predicted molar refractivity (Wildman–Crippen MR) is 112 cm³/mol. The summed E-state index contributed by atoms with van der Waals surface area (Å²) in [7, 11) is 3.23. The number of imidazole rings is 1. The summed E-state index contributed by atoms with van der Waals surface area (Å²) < 4.78 is 27.3. The average Bonchev–Trinajstić information content (AvgIpc) is 3.07. The van der Waals surface area contributed by atoms with Gasteiger partial charge in [0, 0.05) is 38.5 Å². The minimum atomic E-state index is -1.21. The zero-order valence-corrected chi connectivity index (χ0v) is 17.3. The van der Waals surface area contributed by atoms with Gasteiger partial charge in [0.25, 0.3) is 0 Å². The normalized spacial score (nSPS) is 17.0. The number of alkyl halides is 1. The van der Waals surface area contributed by atoms with Crippen molar-refractivity contribution in [2.75, 3.05) is 33.9 Å². The minimum absolute atomic E-state index is 0.173. The third-order valence-electron chi connectivity index (χ3n) is 5.77. The zero-order valence-electron chi connectivity index (χ0n) is 17.3. The van der Waals surface area contributed by atoms with Crippen LogP contribution in [0.1, 0.15) is 24.1 Å².